The average Bonchev–Trinajstić information content (AvgIpc) is 0.859. The highest BCUT2D eigenvalue weighted by Gasteiger charge is 2.34. The van der Waals surface area contributed by atoms with E-state index in [1.165, 1.54) is 0 Å². The zero-order valence-electron chi connectivity index (χ0n) is 89.3. The first-order valence-corrected chi connectivity index (χ1v) is 52.7. The first kappa shape index (κ1) is 133. The Balaban J connectivity index is 1.83. The van der Waals surface area contributed by atoms with E-state index in [1.54, 1.807) is 54.6 Å². The third kappa shape index (κ3) is 78.2. The summed E-state index contributed by atoms with van der Waals surface area (Å²) in [5.41, 5.74) is 5.49. The van der Waals surface area contributed by atoms with Gasteiger partial charge in [-0.2, -0.15) is 0 Å². The van der Waals surface area contributed by atoms with Crippen LogP contribution in [0.4, 0.5) is 0 Å². The van der Waals surface area contributed by atoms with Crippen molar-refractivity contribution < 1.29 is 147 Å². The van der Waals surface area contributed by atoms with Gasteiger partial charge in [-0.05, 0) is 94.2 Å². The standard InChI is InChI=1S/C102H178N16O31/c1-7-13-31-129-46-52-135-68-93(120)113-77-104-25-40-144-86-58-83(59-87(64-86)145-41-26-105-78-114-94(121)69-136-53-47-130-32-14-8-2)99(126)110-22-19-37-141-74-102(67-92(103)119,75-142-38-20-23-111-100(127)84-60-88(146-42-27-106-79-115-95(122)70-137-54-48-131-33-15-9-3)65-89(61-84)147-43-28-107-80-116-96(123)71-138-55-49-132-34-16-10-4)76-143-39-21-24-112-101(128)85-62-90(148-44-29-108-81-117-97(124)72-139-56-50-133-35-17-11-5)66-91(63-85)149-45-30-109-82-118-98(125)73-140-57-51-134-36-18-12-6/h58-66,104-109H,7-57,67-82H2,1-6H3,(H2,103,119)(H,110,126)(H,111,127)(H,112,128)(H,113,120)(H,114,121)(H,115,122)(H,116,123)(H,117,124)(H,118,125). The first-order chi connectivity index (χ1) is 72.8. The topological polar surface area (TPSA) is 571 Å². The molecule has 0 saturated heterocycles. The number of carbonyl (C=O) groups is 10. The van der Waals surface area contributed by atoms with E-state index in [1.807, 2.05) is 0 Å². The lowest BCUT2D eigenvalue weighted by Gasteiger charge is -2.32. The van der Waals surface area contributed by atoms with Gasteiger partial charge in [0.2, 0.25) is 41.4 Å². The summed E-state index contributed by atoms with van der Waals surface area (Å²) >= 11 is 0. The van der Waals surface area contributed by atoms with E-state index in [2.05, 4.69) is 121 Å². The second kappa shape index (κ2) is 95.4. The fourth-order valence-electron chi connectivity index (χ4n) is 12.6. The molecule has 0 fully saturated rings. The van der Waals surface area contributed by atoms with Crippen LogP contribution in [0.2, 0.25) is 0 Å². The van der Waals surface area contributed by atoms with Crippen LogP contribution in [0.5, 0.6) is 34.5 Å². The lowest BCUT2D eigenvalue weighted by Crippen LogP contribution is -2.41. The number of benzene rings is 3. The molecular formula is C102H178N16O31. The van der Waals surface area contributed by atoms with E-state index in [0.717, 1.165) is 77.0 Å². The van der Waals surface area contributed by atoms with Crippen LogP contribution in [-0.2, 0) is 105 Å². The summed E-state index contributed by atoms with van der Waals surface area (Å²) in [6, 6.07) is 14.3. The number of amides is 10. The molecular weight excluding hydrogens is 1950 g/mol. The Morgan fingerprint density at radius 3 is 0.577 bits per heavy atom. The second-order valence-electron chi connectivity index (χ2n) is 34.1. The zero-order chi connectivity index (χ0) is 108. The summed E-state index contributed by atoms with van der Waals surface area (Å²) in [7, 11) is 0. The van der Waals surface area contributed by atoms with Crippen molar-refractivity contribution in [2.24, 2.45) is 11.1 Å². The lowest BCUT2D eigenvalue weighted by molar-refractivity contribution is -0.128. The fraction of sp³-hybridized carbons (Fsp3) is 0.725. The number of rotatable bonds is 107. The maximum Gasteiger partial charge on any atom is 0.251 e. The molecule has 10 amide bonds. The SMILES string of the molecule is CCCCOCCOCC(=O)NCNCCOc1cc(OCCNCNC(=O)COCCOCCCC)cc(C(=O)NCCCOCC(COCCCNC(=O)c2cc(OCCNCNC(=O)COCCOCCCC)cc(OCCNCNC(=O)COCCOCCCC)c2)(COCCCNC(=O)c2cc(OCCNCNC(=O)COCCOCCCC)cc(OCCNCNC(=O)COCCOCCCC)c2)CC(N)=O)c1. The Bertz CT molecular complexity index is 3380. The van der Waals surface area contributed by atoms with Gasteiger partial charge in [-0.15, -0.1) is 0 Å². The molecule has 3 aromatic rings. The fourth-order valence-corrected chi connectivity index (χ4v) is 12.6. The van der Waals surface area contributed by atoms with Crippen LogP contribution in [0.25, 0.3) is 0 Å². The summed E-state index contributed by atoms with van der Waals surface area (Å²) in [5.74, 6) is -1.98. The summed E-state index contributed by atoms with van der Waals surface area (Å²) < 4.78 is 121. The third-order valence-corrected chi connectivity index (χ3v) is 20.7. The quantitative estimate of drug-likeness (QED) is 0.0285. The van der Waals surface area contributed by atoms with Crippen LogP contribution in [-0.4, -0.2) is 396 Å². The molecule has 0 atom stereocenters. The average molecular weight is 2120 g/mol. The predicted molar refractivity (Wildman–Crippen MR) is 557 cm³/mol. The van der Waals surface area contributed by atoms with Crippen molar-refractivity contribution in [3.63, 3.8) is 0 Å². The molecule has 0 spiro atoms. The maximum absolute atomic E-state index is 14.1. The summed E-state index contributed by atoms with van der Waals surface area (Å²) in [5, 5.41) is 43.9. The molecule has 0 aliphatic rings. The number of hydrogen-bond acceptors (Lipinski definition) is 37. The molecule has 0 bridgehead atoms. The van der Waals surface area contributed by atoms with Crippen molar-refractivity contribution in [1.82, 2.24) is 79.8 Å². The van der Waals surface area contributed by atoms with Crippen molar-refractivity contribution in [3.05, 3.63) is 71.3 Å². The molecule has 0 heterocycles. The van der Waals surface area contributed by atoms with E-state index in [4.69, 9.17) is 105 Å². The number of hydrogen-bond donors (Lipinski definition) is 16. The van der Waals surface area contributed by atoms with Gasteiger partial charge in [0, 0.05) is 165 Å². The van der Waals surface area contributed by atoms with Crippen LogP contribution in [0, 0.1) is 5.41 Å². The van der Waals surface area contributed by atoms with Gasteiger partial charge in [-0.1, -0.05) is 80.1 Å². The van der Waals surface area contributed by atoms with Crippen LogP contribution in [0.3, 0.4) is 0 Å². The van der Waals surface area contributed by atoms with Crippen LogP contribution < -0.4 is 114 Å². The zero-order valence-corrected chi connectivity index (χ0v) is 89.3. The van der Waals surface area contributed by atoms with Crippen LogP contribution in [0.1, 0.15) is 175 Å². The minimum absolute atomic E-state index is 0.0796. The highest BCUT2D eigenvalue weighted by atomic mass is 16.6. The highest BCUT2D eigenvalue weighted by molar-refractivity contribution is 5.96. The molecule has 0 aliphatic heterocycles. The second-order valence-corrected chi connectivity index (χ2v) is 34.1. The molecule has 852 valence electrons. The minimum Gasteiger partial charge on any atom is -0.492 e. The summed E-state index contributed by atoms with van der Waals surface area (Å²) in [6.07, 6.45) is 12.4. The molecule has 0 aromatic heterocycles. The largest absolute Gasteiger partial charge is 0.492 e. The van der Waals surface area contributed by atoms with Crippen LogP contribution in [0.15, 0.2) is 54.6 Å². The summed E-state index contributed by atoms with van der Waals surface area (Å²) in [4.78, 5) is 130. The number of nitrogens with two attached hydrogens (primary N) is 1. The monoisotopic (exact) mass is 2120 g/mol. The van der Waals surface area contributed by atoms with Gasteiger partial charge in [-0.3, -0.25) is 79.8 Å². The molecule has 47 heteroatoms. The minimum atomic E-state index is -1.19. The highest BCUT2D eigenvalue weighted by Crippen LogP contribution is 2.28. The molecule has 0 aliphatic carbocycles. The number of carbonyl (C=O) groups excluding carboxylic acids is 10. The Morgan fingerprint density at radius 1 is 0.215 bits per heavy atom. The van der Waals surface area contributed by atoms with Crippen molar-refractivity contribution in [3.8, 4) is 34.5 Å². The molecule has 0 radical (unpaired) electrons. The number of ether oxygens (including phenoxy) is 21. The maximum atomic E-state index is 14.1. The summed E-state index contributed by atoms with van der Waals surface area (Å²) in [6.45, 7) is 23.5. The number of nitrogens with one attached hydrogen (secondary N) is 15. The Kier molecular flexibility index (Phi) is 85.5. The lowest BCUT2D eigenvalue weighted by atomic mass is 9.86. The van der Waals surface area contributed by atoms with Crippen molar-refractivity contribution >= 4 is 59.1 Å². The first-order valence-electron chi connectivity index (χ1n) is 52.7. The Morgan fingerprint density at radius 2 is 0.396 bits per heavy atom. The Labute approximate surface area is 880 Å². The van der Waals surface area contributed by atoms with Gasteiger partial charge in [0.1, 0.15) is 114 Å². The van der Waals surface area contributed by atoms with E-state index < -0.39 is 29.0 Å². The van der Waals surface area contributed by atoms with E-state index >= 15 is 0 Å². The molecule has 47 nitrogen and oxygen atoms in total. The van der Waals surface area contributed by atoms with Gasteiger partial charge in [0.25, 0.3) is 17.7 Å². The van der Waals surface area contributed by atoms with E-state index in [9.17, 15) is 47.9 Å². The number of unbranched alkanes of at least 4 members (excludes halogenated alkanes) is 6. The van der Waals surface area contributed by atoms with E-state index in [-0.39, 0.29) is 237 Å². The number of primary amides is 1. The molecule has 0 saturated carbocycles. The third-order valence-electron chi connectivity index (χ3n) is 20.7. The predicted octanol–water partition coefficient (Wildman–Crippen LogP) is 2.61. The molecule has 3 aromatic carbocycles. The van der Waals surface area contributed by atoms with Gasteiger partial charge in [-0.25, -0.2) is 0 Å². The Hall–Kier alpha value is -9.68. The van der Waals surface area contributed by atoms with Crippen molar-refractivity contribution in [2.75, 3.05) is 337 Å². The van der Waals surface area contributed by atoms with Gasteiger partial charge < -0.3 is 153 Å². The molecule has 17 N–H and O–H groups in total. The van der Waals surface area contributed by atoms with Crippen LogP contribution >= 0.6 is 0 Å². The van der Waals surface area contributed by atoms with E-state index in [0.29, 0.717) is 212 Å². The molecule has 3 rings (SSSR count). The van der Waals surface area contributed by atoms with Gasteiger partial charge >= 0.3 is 0 Å². The van der Waals surface area contributed by atoms with Crippen molar-refractivity contribution in [2.45, 2.75) is 144 Å². The molecule has 0 unspecified atom stereocenters. The smallest absolute Gasteiger partial charge is 0.251 e. The van der Waals surface area contributed by atoms with Gasteiger partial charge in [0.05, 0.1) is 139 Å². The molecule has 149 heavy (non-hydrogen) atoms. The normalized spacial score (nSPS) is 11.3. The van der Waals surface area contributed by atoms with Crippen molar-refractivity contribution in [1.29, 1.82) is 0 Å². The van der Waals surface area contributed by atoms with Gasteiger partial charge in [0.15, 0.2) is 0 Å².